The fourth-order valence-electron chi connectivity index (χ4n) is 14.6. The Kier molecular flexibility index (Phi) is 10.2. The number of fused-ring (bicyclic) bond motifs is 5. The molecule has 2 heterocycles. The van der Waals surface area contributed by atoms with Crippen molar-refractivity contribution >= 4 is 35.4 Å². The smallest absolute Gasteiger partial charge is 0.334 e. The van der Waals surface area contributed by atoms with Gasteiger partial charge in [-0.05, 0) is 129 Å². The largest absolute Gasteiger partial charge is 0.458 e. The van der Waals surface area contributed by atoms with Gasteiger partial charge in [-0.2, -0.15) is 0 Å². The van der Waals surface area contributed by atoms with E-state index in [9.17, 15) is 29.1 Å². The summed E-state index contributed by atoms with van der Waals surface area (Å²) in [4.78, 5) is 70.3. The van der Waals surface area contributed by atoms with Crippen LogP contribution in [0, 0.1) is 57.2 Å². The van der Waals surface area contributed by atoms with Crippen LogP contribution in [-0.2, 0) is 38.2 Å². The first-order valence-corrected chi connectivity index (χ1v) is 22.0. The van der Waals surface area contributed by atoms with Gasteiger partial charge in [0.15, 0.2) is 0 Å². The van der Waals surface area contributed by atoms with E-state index in [1.165, 1.54) is 26.2 Å². The fourth-order valence-corrected chi connectivity index (χ4v) is 14.6. The number of carbonyl (C=O) groups is 5. The molecular weight excluding hydrogens is 727 g/mol. The summed E-state index contributed by atoms with van der Waals surface area (Å²) in [6.07, 6.45) is 7.58. The van der Waals surface area contributed by atoms with Crippen molar-refractivity contribution < 1.29 is 43.3 Å². The van der Waals surface area contributed by atoms with Gasteiger partial charge in [-0.3, -0.25) is 19.2 Å². The molecular formula is C45H65N3O9. The number of rotatable bonds is 12. The van der Waals surface area contributed by atoms with Crippen molar-refractivity contribution in [3.63, 3.8) is 0 Å². The predicted octanol–water partition coefficient (Wildman–Crippen LogP) is 5.39. The molecule has 9 atom stereocenters. The Morgan fingerprint density at radius 1 is 0.947 bits per heavy atom. The summed E-state index contributed by atoms with van der Waals surface area (Å²) in [5.74, 6) is 0.190. The van der Waals surface area contributed by atoms with Crippen molar-refractivity contribution in [3.8, 4) is 0 Å². The van der Waals surface area contributed by atoms with E-state index in [2.05, 4.69) is 57.2 Å². The van der Waals surface area contributed by atoms with Gasteiger partial charge in [0.1, 0.15) is 24.0 Å². The van der Waals surface area contributed by atoms with Crippen LogP contribution in [0.2, 0.25) is 0 Å². The molecule has 7 fully saturated rings. The first kappa shape index (κ1) is 40.7. The van der Waals surface area contributed by atoms with Gasteiger partial charge >= 0.3 is 11.9 Å². The third-order valence-corrected chi connectivity index (χ3v) is 17.5. The van der Waals surface area contributed by atoms with Crippen LogP contribution in [0.25, 0.3) is 0 Å². The van der Waals surface area contributed by atoms with Crippen LogP contribution in [0.4, 0.5) is 0 Å². The maximum absolute atomic E-state index is 14.0. The lowest BCUT2D eigenvalue weighted by Crippen LogP contribution is -2.75. The molecule has 0 aromatic heterocycles. The Morgan fingerprint density at radius 3 is 2.25 bits per heavy atom. The average molecular weight is 792 g/mol. The highest BCUT2D eigenvalue weighted by atomic mass is 16.7. The van der Waals surface area contributed by atoms with Crippen molar-refractivity contribution in [2.45, 2.75) is 156 Å². The van der Waals surface area contributed by atoms with Crippen molar-refractivity contribution in [2.75, 3.05) is 19.7 Å². The molecule has 12 heteroatoms. The quantitative estimate of drug-likeness (QED) is 0.102. The number of aliphatic hydroxyl groups is 1. The molecule has 57 heavy (non-hydrogen) atoms. The molecule has 0 aromatic carbocycles. The van der Waals surface area contributed by atoms with Crippen LogP contribution < -0.4 is 10.6 Å². The van der Waals surface area contributed by atoms with Crippen LogP contribution in [0.3, 0.4) is 0 Å². The molecule has 9 aliphatic rings. The Morgan fingerprint density at radius 2 is 1.61 bits per heavy atom. The third kappa shape index (κ3) is 6.09. The number of hydrogen-bond donors (Lipinski definition) is 3. The summed E-state index contributed by atoms with van der Waals surface area (Å²) in [5.41, 5.74) is -1.04. The minimum atomic E-state index is -0.885. The summed E-state index contributed by atoms with van der Waals surface area (Å²) in [5, 5.41) is 18.0. The van der Waals surface area contributed by atoms with Gasteiger partial charge in [0.05, 0.1) is 24.0 Å². The SMILES string of the molecule is CC(=O)NCCCCC(=NC(=O)C12CC3CC(CC(C3)C1)C2)C(=O)NCCC(=O)O[C@@H]1[C@@]2(C(C)C)OC2[C@H](C)[C@]2(C)[C@@]1(C)[C@@H](O)C[C@H]1C3=C(CC[C@@]12C)C(=O)OC3. The molecule has 12 nitrogen and oxygen atoms in total. The summed E-state index contributed by atoms with van der Waals surface area (Å²) < 4.78 is 18.8. The molecule has 4 bridgehead atoms. The second-order valence-electron chi connectivity index (χ2n) is 20.5. The molecule has 3 amide bonds. The number of carbonyl (C=O) groups excluding carboxylic acids is 5. The van der Waals surface area contributed by atoms with Gasteiger partial charge < -0.3 is 30.0 Å². The number of cyclic esters (lactones) is 1. The highest BCUT2D eigenvalue weighted by Gasteiger charge is 2.84. The Balaban J connectivity index is 0.982. The number of ether oxygens (including phenoxy) is 3. The van der Waals surface area contributed by atoms with Crippen LogP contribution in [0.1, 0.15) is 132 Å². The van der Waals surface area contributed by atoms with Gasteiger partial charge in [0.2, 0.25) is 5.91 Å². The molecule has 0 radical (unpaired) electrons. The lowest BCUT2D eigenvalue weighted by atomic mass is 9.33. The molecule has 1 unspecified atom stereocenters. The molecule has 0 aromatic rings. The molecule has 0 spiro atoms. The van der Waals surface area contributed by atoms with E-state index in [0.29, 0.717) is 50.0 Å². The van der Waals surface area contributed by atoms with E-state index in [4.69, 9.17) is 14.2 Å². The highest BCUT2D eigenvalue weighted by Crippen LogP contribution is 2.78. The number of nitrogens with one attached hydrogen (secondary N) is 2. The second-order valence-corrected chi connectivity index (χ2v) is 20.5. The van der Waals surface area contributed by atoms with Crippen LogP contribution in [0.5, 0.6) is 0 Å². The van der Waals surface area contributed by atoms with Crippen LogP contribution in [0.15, 0.2) is 16.1 Å². The number of aliphatic hydroxyl groups excluding tert-OH is 1. The van der Waals surface area contributed by atoms with Gasteiger partial charge in [0.25, 0.3) is 11.8 Å². The van der Waals surface area contributed by atoms with E-state index in [1.807, 2.05) is 0 Å². The zero-order valence-electron chi connectivity index (χ0n) is 35.2. The zero-order valence-corrected chi connectivity index (χ0v) is 35.2. The van der Waals surface area contributed by atoms with Gasteiger partial charge in [-0.1, -0.05) is 41.5 Å². The molecule has 1 saturated heterocycles. The molecule has 7 aliphatic carbocycles. The zero-order chi connectivity index (χ0) is 40.9. The number of epoxide rings is 1. The number of esters is 2. The topological polar surface area (TPSA) is 173 Å². The summed E-state index contributed by atoms with van der Waals surface area (Å²) in [7, 11) is 0. The molecule has 3 N–H and O–H groups in total. The number of aliphatic imine (C=N–C) groups is 1. The minimum absolute atomic E-state index is 0.000923. The van der Waals surface area contributed by atoms with Crippen LogP contribution >= 0.6 is 0 Å². The Labute approximate surface area is 337 Å². The molecule has 9 rings (SSSR count). The summed E-state index contributed by atoms with van der Waals surface area (Å²) >= 11 is 0. The number of unbranched alkanes of at least 4 members (excludes halogenated alkanes) is 1. The van der Waals surface area contributed by atoms with E-state index < -0.39 is 45.9 Å². The number of hydrogen-bond acceptors (Lipinski definition) is 9. The van der Waals surface area contributed by atoms with Crippen LogP contribution in [-0.4, -0.2) is 84.1 Å². The summed E-state index contributed by atoms with van der Waals surface area (Å²) in [6, 6.07) is 0. The lowest BCUT2D eigenvalue weighted by Gasteiger charge is -2.71. The molecule has 6 saturated carbocycles. The fraction of sp³-hybridized carbons (Fsp3) is 0.822. The Hall–Kier alpha value is -3.12. The number of nitrogens with zero attached hydrogens (tertiary/aromatic N) is 1. The van der Waals surface area contributed by atoms with Crippen molar-refractivity contribution in [1.82, 2.24) is 10.6 Å². The molecule has 314 valence electrons. The standard InChI is InChI=1S/C45H65N3O9/c1-24(2)45-36(57-45)25(3)43(7)41(5)13-11-30-31(23-55-38(30)53)32(41)19-34(50)42(43,6)39(45)56-35(51)12-15-47-37(52)33(10-8-9-14-46-26(4)49)48-40(54)44-20-27-16-28(21-44)18-29(17-27)22-44/h24-25,27-29,32,34,36,39,50H,8-23H2,1-7H3,(H,46,49)(H,47,52)/t25-,27?,28?,29?,32-,34-,36?,39-,41-,42-,43-,44?,45-/m0/s1. The third-order valence-electron chi connectivity index (χ3n) is 17.5. The highest BCUT2D eigenvalue weighted by molar-refractivity contribution is 6.40. The monoisotopic (exact) mass is 791 g/mol. The van der Waals surface area contributed by atoms with Crippen molar-refractivity contribution in [1.29, 1.82) is 0 Å². The van der Waals surface area contributed by atoms with E-state index >= 15 is 0 Å². The minimum Gasteiger partial charge on any atom is -0.458 e. The Bertz CT molecular complexity index is 1750. The summed E-state index contributed by atoms with van der Waals surface area (Å²) in [6.45, 7) is 15.2. The first-order chi connectivity index (χ1) is 26.9. The second kappa shape index (κ2) is 14.3. The molecule has 2 aliphatic heterocycles. The van der Waals surface area contributed by atoms with Gasteiger partial charge in [-0.15, -0.1) is 0 Å². The van der Waals surface area contributed by atoms with E-state index in [1.54, 1.807) is 0 Å². The van der Waals surface area contributed by atoms with E-state index in [0.717, 1.165) is 36.8 Å². The predicted molar refractivity (Wildman–Crippen MR) is 210 cm³/mol. The first-order valence-electron chi connectivity index (χ1n) is 22.0. The lowest BCUT2D eigenvalue weighted by molar-refractivity contribution is -0.279. The van der Waals surface area contributed by atoms with Gasteiger partial charge in [-0.25, -0.2) is 9.79 Å². The average Bonchev–Trinajstić information content (AvgIpc) is 3.80. The van der Waals surface area contributed by atoms with Crippen molar-refractivity contribution in [3.05, 3.63) is 11.1 Å². The van der Waals surface area contributed by atoms with Crippen molar-refractivity contribution in [2.24, 2.45) is 62.2 Å². The normalized spacial score (nSPS) is 43.7. The van der Waals surface area contributed by atoms with E-state index in [-0.39, 0.29) is 78.8 Å². The number of amides is 3. The maximum Gasteiger partial charge on any atom is 0.334 e. The maximum atomic E-state index is 14.0. The van der Waals surface area contributed by atoms with Gasteiger partial charge in [0, 0.05) is 31.0 Å².